The van der Waals surface area contributed by atoms with Crippen molar-refractivity contribution in [2.45, 2.75) is 25.8 Å². The number of hydrogen-bond donors (Lipinski definition) is 1. The highest BCUT2D eigenvalue weighted by Gasteiger charge is 2.26. The van der Waals surface area contributed by atoms with Gasteiger partial charge in [0.1, 0.15) is 5.75 Å². The van der Waals surface area contributed by atoms with E-state index in [1.807, 2.05) is 50.1 Å². The van der Waals surface area contributed by atoms with E-state index in [4.69, 9.17) is 9.84 Å². The van der Waals surface area contributed by atoms with E-state index in [0.29, 0.717) is 0 Å². The summed E-state index contributed by atoms with van der Waals surface area (Å²) in [4.78, 5) is 12.8. The molecule has 17 heavy (non-hydrogen) atoms. The van der Waals surface area contributed by atoms with Crippen LogP contribution in [0.4, 0.5) is 5.69 Å². The molecule has 0 bridgehead atoms. The molecule has 0 aromatic heterocycles. The molecule has 0 amide bonds. The smallest absolute Gasteiger partial charge is 0.305 e. The van der Waals surface area contributed by atoms with E-state index in [-0.39, 0.29) is 6.42 Å². The number of rotatable bonds is 5. The second-order valence-corrected chi connectivity index (χ2v) is 4.64. The zero-order valence-corrected chi connectivity index (χ0v) is 10.7. The van der Waals surface area contributed by atoms with Gasteiger partial charge in [-0.15, -0.1) is 0 Å². The van der Waals surface area contributed by atoms with Gasteiger partial charge in [0.15, 0.2) is 0 Å². The van der Waals surface area contributed by atoms with Crippen LogP contribution in [0.5, 0.6) is 5.75 Å². The molecule has 1 N–H and O–H groups in total. The number of carboxylic acids is 1. The maximum atomic E-state index is 10.8. The average Bonchev–Trinajstić information content (AvgIpc) is 2.26. The lowest BCUT2D eigenvalue weighted by molar-refractivity contribution is -0.138. The van der Waals surface area contributed by atoms with Gasteiger partial charge in [-0.05, 0) is 38.1 Å². The Morgan fingerprint density at radius 1 is 1.35 bits per heavy atom. The molecule has 0 aliphatic rings. The van der Waals surface area contributed by atoms with Crippen molar-refractivity contribution in [1.82, 2.24) is 0 Å². The Morgan fingerprint density at radius 3 is 2.29 bits per heavy atom. The number of anilines is 1. The van der Waals surface area contributed by atoms with E-state index in [1.165, 1.54) is 0 Å². The van der Waals surface area contributed by atoms with Crippen molar-refractivity contribution in [2.24, 2.45) is 0 Å². The van der Waals surface area contributed by atoms with Crippen LogP contribution in [0, 0.1) is 0 Å². The van der Waals surface area contributed by atoms with Crippen molar-refractivity contribution >= 4 is 11.7 Å². The summed E-state index contributed by atoms with van der Waals surface area (Å²) in [5.41, 5.74) is 0.539. The first-order chi connectivity index (χ1) is 7.86. The van der Waals surface area contributed by atoms with Crippen molar-refractivity contribution in [3.8, 4) is 5.75 Å². The highest BCUT2D eigenvalue weighted by Crippen LogP contribution is 2.26. The van der Waals surface area contributed by atoms with Gasteiger partial charge in [0.25, 0.3) is 0 Å². The second kappa shape index (κ2) is 5.08. The number of carbonyl (C=O) groups is 1. The van der Waals surface area contributed by atoms with Crippen LogP contribution in [-0.4, -0.2) is 30.8 Å². The Morgan fingerprint density at radius 2 is 1.88 bits per heavy atom. The molecular weight excluding hydrogens is 218 g/mol. The van der Waals surface area contributed by atoms with E-state index >= 15 is 0 Å². The fourth-order valence-electron chi connectivity index (χ4n) is 1.64. The maximum Gasteiger partial charge on any atom is 0.305 e. The number of hydrogen-bond acceptors (Lipinski definition) is 3. The molecule has 0 radical (unpaired) electrons. The fourth-order valence-corrected chi connectivity index (χ4v) is 1.64. The number of aliphatic carboxylic acids is 1. The first-order valence-corrected chi connectivity index (χ1v) is 5.46. The molecule has 0 fully saturated rings. The van der Waals surface area contributed by atoms with Crippen LogP contribution in [-0.2, 0) is 4.79 Å². The predicted octanol–water partition coefficient (Wildman–Crippen LogP) is 2.38. The number of methoxy groups -OCH3 is 1. The van der Waals surface area contributed by atoms with Gasteiger partial charge < -0.3 is 14.7 Å². The summed E-state index contributed by atoms with van der Waals surface area (Å²) in [6, 6.07) is 7.57. The highest BCUT2D eigenvalue weighted by atomic mass is 16.5. The quantitative estimate of drug-likeness (QED) is 0.854. The average molecular weight is 237 g/mol. The Balaban J connectivity index is 2.87. The fraction of sp³-hybridized carbons (Fsp3) is 0.462. The first-order valence-electron chi connectivity index (χ1n) is 5.46. The molecule has 0 saturated carbocycles. The largest absolute Gasteiger partial charge is 0.497 e. The molecule has 94 valence electrons. The van der Waals surface area contributed by atoms with Crippen LogP contribution in [0.15, 0.2) is 24.3 Å². The van der Waals surface area contributed by atoms with Gasteiger partial charge >= 0.3 is 5.97 Å². The summed E-state index contributed by atoms with van der Waals surface area (Å²) in [5.74, 6) is -0.00597. The van der Waals surface area contributed by atoms with Gasteiger partial charge in [-0.2, -0.15) is 0 Å². The Bertz CT molecular complexity index is 384. The molecular formula is C13H19NO3. The lowest BCUT2D eigenvalue weighted by Crippen LogP contribution is -2.43. The SMILES string of the molecule is COc1ccc(N(C)C(C)(C)CC(=O)O)cc1. The topological polar surface area (TPSA) is 49.8 Å². The predicted molar refractivity (Wildman–Crippen MR) is 67.7 cm³/mol. The molecule has 0 unspecified atom stereocenters. The van der Waals surface area contributed by atoms with Crippen LogP contribution in [0.2, 0.25) is 0 Å². The van der Waals surface area contributed by atoms with Crippen molar-refractivity contribution in [2.75, 3.05) is 19.1 Å². The van der Waals surface area contributed by atoms with Gasteiger partial charge in [-0.1, -0.05) is 0 Å². The van der Waals surface area contributed by atoms with Gasteiger partial charge in [-0.3, -0.25) is 4.79 Å². The second-order valence-electron chi connectivity index (χ2n) is 4.64. The van der Waals surface area contributed by atoms with Crippen LogP contribution in [0.3, 0.4) is 0 Å². The zero-order chi connectivity index (χ0) is 13.1. The summed E-state index contributed by atoms with van der Waals surface area (Å²) >= 11 is 0. The zero-order valence-electron chi connectivity index (χ0n) is 10.7. The van der Waals surface area contributed by atoms with Gasteiger partial charge in [0.05, 0.1) is 13.5 Å². The monoisotopic (exact) mass is 237 g/mol. The molecule has 0 atom stereocenters. The minimum absolute atomic E-state index is 0.0928. The minimum atomic E-state index is -0.796. The number of nitrogens with zero attached hydrogens (tertiary/aromatic N) is 1. The van der Waals surface area contributed by atoms with Crippen molar-refractivity contribution in [3.63, 3.8) is 0 Å². The molecule has 0 saturated heterocycles. The highest BCUT2D eigenvalue weighted by molar-refractivity contribution is 5.69. The van der Waals surface area contributed by atoms with E-state index < -0.39 is 11.5 Å². The summed E-state index contributed by atoms with van der Waals surface area (Å²) in [6.07, 6.45) is 0.0928. The van der Waals surface area contributed by atoms with E-state index in [1.54, 1.807) is 7.11 Å². The molecule has 0 aliphatic carbocycles. The summed E-state index contributed by atoms with van der Waals surface area (Å²) in [5, 5.41) is 8.88. The molecule has 1 aromatic carbocycles. The molecule has 0 spiro atoms. The van der Waals surface area contributed by atoms with E-state index in [2.05, 4.69) is 0 Å². The third-order valence-electron chi connectivity index (χ3n) is 2.95. The molecule has 0 aliphatic heterocycles. The molecule has 0 heterocycles. The number of ether oxygens (including phenoxy) is 1. The van der Waals surface area contributed by atoms with Crippen molar-refractivity contribution < 1.29 is 14.6 Å². The molecule has 4 nitrogen and oxygen atoms in total. The molecule has 4 heteroatoms. The Labute approximate surface area is 102 Å². The Hall–Kier alpha value is -1.71. The summed E-state index contributed by atoms with van der Waals surface area (Å²) < 4.78 is 5.09. The molecule has 1 aromatic rings. The van der Waals surface area contributed by atoms with Crippen LogP contribution in [0.25, 0.3) is 0 Å². The standard InChI is InChI=1S/C13H19NO3/c1-13(2,9-12(15)16)14(3)10-5-7-11(17-4)8-6-10/h5-8H,9H2,1-4H3,(H,15,16). The van der Waals surface area contributed by atoms with Gasteiger partial charge in [0, 0.05) is 18.3 Å². The summed E-state index contributed by atoms with van der Waals surface area (Å²) in [6.45, 7) is 3.82. The van der Waals surface area contributed by atoms with E-state index in [9.17, 15) is 4.79 Å². The Kier molecular flexibility index (Phi) is 3.99. The number of carboxylic acid groups (broad SMARTS) is 1. The van der Waals surface area contributed by atoms with Crippen LogP contribution < -0.4 is 9.64 Å². The molecule has 1 rings (SSSR count). The maximum absolute atomic E-state index is 10.8. The van der Waals surface area contributed by atoms with E-state index in [0.717, 1.165) is 11.4 Å². The van der Waals surface area contributed by atoms with Crippen molar-refractivity contribution in [1.29, 1.82) is 0 Å². The lowest BCUT2D eigenvalue weighted by atomic mass is 9.98. The van der Waals surface area contributed by atoms with Crippen LogP contribution in [0.1, 0.15) is 20.3 Å². The normalized spacial score (nSPS) is 11.1. The summed E-state index contributed by atoms with van der Waals surface area (Å²) in [7, 11) is 3.51. The van der Waals surface area contributed by atoms with Gasteiger partial charge in [0.2, 0.25) is 0 Å². The lowest BCUT2D eigenvalue weighted by Gasteiger charge is -2.36. The first kappa shape index (κ1) is 13.4. The van der Waals surface area contributed by atoms with Crippen molar-refractivity contribution in [3.05, 3.63) is 24.3 Å². The third-order valence-corrected chi connectivity index (χ3v) is 2.95. The third kappa shape index (κ3) is 3.37. The van der Waals surface area contributed by atoms with Gasteiger partial charge in [-0.25, -0.2) is 0 Å². The minimum Gasteiger partial charge on any atom is -0.497 e. The number of benzene rings is 1. The van der Waals surface area contributed by atoms with Crippen LogP contribution >= 0.6 is 0 Å².